The van der Waals surface area contributed by atoms with Crippen LogP contribution in [0.15, 0.2) is 24.4 Å². The highest BCUT2D eigenvalue weighted by molar-refractivity contribution is 6.08. The molecule has 2 heterocycles. The number of nitrogens with two attached hydrogens (primary N) is 1. The van der Waals surface area contributed by atoms with E-state index in [4.69, 9.17) is 5.73 Å². The summed E-state index contributed by atoms with van der Waals surface area (Å²) in [5.74, 6) is -0.382. The van der Waals surface area contributed by atoms with Gasteiger partial charge in [-0.05, 0) is 31.0 Å². The number of nitrogens with one attached hydrogen (secondary N) is 3. The molecule has 1 saturated heterocycles. The number of benzene rings is 1. The van der Waals surface area contributed by atoms with Crippen LogP contribution in [-0.4, -0.2) is 29.4 Å². The molecule has 1 aliphatic heterocycles. The molecule has 1 aromatic heterocycles. The maximum absolute atomic E-state index is 12.3. The third-order valence-corrected chi connectivity index (χ3v) is 3.54. The molecule has 0 spiro atoms. The van der Waals surface area contributed by atoms with E-state index in [1.807, 2.05) is 6.07 Å². The van der Waals surface area contributed by atoms with Crippen molar-refractivity contribution in [3.63, 3.8) is 0 Å². The summed E-state index contributed by atoms with van der Waals surface area (Å²) >= 11 is 0. The summed E-state index contributed by atoms with van der Waals surface area (Å²) in [5, 5.41) is 6.28. The summed E-state index contributed by atoms with van der Waals surface area (Å²) in [6, 6.07) is 4.90. The summed E-state index contributed by atoms with van der Waals surface area (Å²) in [6.07, 6.45) is 3.18. The zero-order chi connectivity index (χ0) is 14.1. The van der Waals surface area contributed by atoms with E-state index in [0.29, 0.717) is 24.2 Å². The lowest BCUT2D eigenvalue weighted by molar-refractivity contribution is -0.124. The molecule has 20 heavy (non-hydrogen) atoms. The van der Waals surface area contributed by atoms with Crippen molar-refractivity contribution in [2.75, 3.05) is 12.3 Å². The van der Waals surface area contributed by atoms with Gasteiger partial charge in [-0.3, -0.25) is 9.59 Å². The standard InChI is InChI=1S/C14H16N4O2/c15-8-3-4-11-9(6-8)10(7-17-11)13(19)18-12-2-1-5-16-14(12)20/h3-4,6-7,12,17H,1-2,5,15H2,(H,16,20)(H,18,19). The van der Waals surface area contributed by atoms with Gasteiger partial charge in [0.2, 0.25) is 5.91 Å². The minimum absolute atomic E-state index is 0.121. The third kappa shape index (κ3) is 2.20. The summed E-state index contributed by atoms with van der Waals surface area (Å²) < 4.78 is 0. The first-order valence-corrected chi connectivity index (χ1v) is 6.60. The van der Waals surface area contributed by atoms with Crippen LogP contribution in [0.2, 0.25) is 0 Å². The minimum atomic E-state index is -0.456. The van der Waals surface area contributed by atoms with Crippen molar-refractivity contribution in [1.29, 1.82) is 0 Å². The average molecular weight is 272 g/mol. The zero-order valence-electron chi connectivity index (χ0n) is 10.9. The number of hydrogen-bond donors (Lipinski definition) is 4. The van der Waals surface area contributed by atoms with Crippen LogP contribution in [0, 0.1) is 0 Å². The van der Waals surface area contributed by atoms with Gasteiger partial charge in [0.05, 0.1) is 5.56 Å². The second kappa shape index (κ2) is 4.88. The van der Waals surface area contributed by atoms with Gasteiger partial charge in [0.25, 0.3) is 5.91 Å². The number of carbonyl (C=O) groups is 2. The first-order valence-electron chi connectivity index (χ1n) is 6.60. The Morgan fingerprint density at radius 3 is 3.05 bits per heavy atom. The Morgan fingerprint density at radius 2 is 2.25 bits per heavy atom. The number of nitrogen functional groups attached to an aromatic ring is 1. The van der Waals surface area contributed by atoms with E-state index in [-0.39, 0.29) is 11.8 Å². The minimum Gasteiger partial charge on any atom is -0.399 e. The predicted octanol–water partition coefficient (Wildman–Crippen LogP) is 0.758. The smallest absolute Gasteiger partial charge is 0.254 e. The Kier molecular flexibility index (Phi) is 3.06. The topological polar surface area (TPSA) is 100 Å². The number of hydrogen-bond acceptors (Lipinski definition) is 3. The number of aromatic nitrogens is 1. The van der Waals surface area contributed by atoms with Crippen LogP contribution in [0.1, 0.15) is 23.2 Å². The molecule has 1 aliphatic rings. The fourth-order valence-electron chi connectivity index (χ4n) is 2.47. The number of carbonyl (C=O) groups excluding carboxylic acids is 2. The number of piperidine rings is 1. The van der Waals surface area contributed by atoms with Crippen molar-refractivity contribution in [1.82, 2.24) is 15.6 Å². The maximum Gasteiger partial charge on any atom is 0.254 e. The molecule has 0 bridgehead atoms. The number of rotatable bonds is 2. The molecule has 6 nitrogen and oxygen atoms in total. The first-order chi connectivity index (χ1) is 9.65. The van der Waals surface area contributed by atoms with Gasteiger partial charge >= 0.3 is 0 Å². The SMILES string of the molecule is Nc1ccc2[nH]cc(C(=O)NC3CCCNC3=O)c2c1. The number of H-pyrrole nitrogens is 1. The molecule has 0 radical (unpaired) electrons. The number of fused-ring (bicyclic) bond motifs is 1. The number of amides is 2. The van der Waals surface area contributed by atoms with Crippen molar-refractivity contribution in [3.05, 3.63) is 30.0 Å². The van der Waals surface area contributed by atoms with Gasteiger partial charge in [0.1, 0.15) is 6.04 Å². The lowest BCUT2D eigenvalue weighted by atomic mass is 10.1. The fourth-order valence-corrected chi connectivity index (χ4v) is 2.47. The van der Waals surface area contributed by atoms with Crippen molar-refractivity contribution >= 4 is 28.4 Å². The zero-order valence-corrected chi connectivity index (χ0v) is 10.9. The highest BCUT2D eigenvalue weighted by Crippen LogP contribution is 2.21. The van der Waals surface area contributed by atoms with Crippen molar-refractivity contribution < 1.29 is 9.59 Å². The van der Waals surface area contributed by atoms with Crippen LogP contribution >= 0.6 is 0 Å². The second-order valence-corrected chi connectivity index (χ2v) is 4.97. The van der Waals surface area contributed by atoms with Crippen LogP contribution in [0.4, 0.5) is 5.69 Å². The van der Waals surface area contributed by atoms with Crippen LogP contribution < -0.4 is 16.4 Å². The van der Waals surface area contributed by atoms with E-state index >= 15 is 0 Å². The van der Waals surface area contributed by atoms with Gasteiger partial charge in [0, 0.05) is 29.3 Å². The molecular formula is C14H16N4O2. The quantitative estimate of drug-likeness (QED) is 0.607. The third-order valence-electron chi connectivity index (χ3n) is 3.54. The van der Waals surface area contributed by atoms with Crippen LogP contribution in [0.25, 0.3) is 10.9 Å². The van der Waals surface area contributed by atoms with Gasteiger partial charge in [0.15, 0.2) is 0 Å². The lowest BCUT2D eigenvalue weighted by Crippen LogP contribution is -2.50. The molecule has 2 aromatic rings. The Bertz CT molecular complexity index is 677. The Morgan fingerprint density at radius 1 is 1.40 bits per heavy atom. The van der Waals surface area contributed by atoms with E-state index in [9.17, 15) is 9.59 Å². The maximum atomic E-state index is 12.3. The van der Waals surface area contributed by atoms with Crippen molar-refractivity contribution in [2.24, 2.45) is 0 Å². The van der Waals surface area contributed by atoms with E-state index in [1.54, 1.807) is 18.3 Å². The largest absolute Gasteiger partial charge is 0.399 e. The highest BCUT2D eigenvalue weighted by Gasteiger charge is 2.24. The molecule has 5 N–H and O–H groups in total. The van der Waals surface area contributed by atoms with E-state index in [2.05, 4.69) is 15.6 Å². The molecule has 0 saturated carbocycles. The van der Waals surface area contributed by atoms with E-state index < -0.39 is 6.04 Å². The Hall–Kier alpha value is -2.50. The summed E-state index contributed by atoms with van der Waals surface area (Å²) in [4.78, 5) is 27.0. The molecule has 1 aromatic carbocycles. The average Bonchev–Trinajstić information content (AvgIpc) is 2.84. The first kappa shape index (κ1) is 12.5. The molecule has 1 atom stereocenters. The Labute approximate surface area is 115 Å². The van der Waals surface area contributed by atoms with Crippen LogP contribution in [0.5, 0.6) is 0 Å². The van der Waals surface area contributed by atoms with E-state index in [0.717, 1.165) is 17.3 Å². The van der Waals surface area contributed by atoms with Gasteiger partial charge in [-0.2, -0.15) is 0 Å². The number of anilines is 1. The molecule has 104 valence electrons. The second-order valence-electron chi connectivity index (χ2n) is 4.97. The van der Waals surface area contributed by atoms with Gasteiger partial charge in [-0.1, -0.05) is 0 Å². The summed E-state index contributed by atoms with van der Waals surface area (Å²) in [6.45, 7) is 0.675. The van der Waals surface area contributed by atoms with Crippen molar-refractivity contribution in [2.45, 2.75) is 18.9 Å². The predicted molar refractivity (Wildman–Crippen MR) is 76.2 cm³/mol. The summed E-state index contributed by atoms with van der Waals surface area (Å²) in [5.41, 5.74) is 7.70. The lowest BCUT2D eigenvalue weighted by Gasteiger charge is -2.22. The number of aromatic amines is 1. The molecule has 1 fully saturated rings. The Balaban J connectivity index is 1.85. The summed E-state index contributed by atoms with van der Waals surface area (Å²) in [7, 11) is 0. The highest BCUT2D eigenvalue weighted by atomic mass is 16.2. The van der Waals surface area contributed by atoms with Gasteiger partial charge in [-0.25, -0.2) is 0 Å². The van der Waals surface area contributed by atoms with Gasteiger partial charge < -0.3 is 21.4 Å². The molecule has 0 aliphatic carbocycles. The molecule has 3 rings (SSSR count). The molecule has 6 heteroatoms. The van der Waals surface area contributed by atoms with Crippen molar-refractivity contribution in [3.8, 4) is 0 Å². The van der Waals surface area contributed by atoms with Crippen LogP contribution in [-0.2, 0) is 4.79 Å². The van der Waals surface area contributed by atoms with E-state index in [1.165, 1.54) is 0 Å². The molecule has 1 unspecified atom stereocenters. The molecular weight excluding hydrogens is 256 g/mol. The monoisotopic (exact) mass is 272 g/mol. The fraction of sp³-hybridized carbons (Fsp3) is 0.286. The molecule has 2 amide bonds. The van der Waals surface area contributed by atoms with Gasteiger partial charge in [-0.15, -0.1) is 0 Å². The van der Waals surface area contributed by atoms with Crippen LogP contribution in [0.3, 0.4) is 0 Å². The normalized spacial score (nSPS) is 18.8.